The highest BCUT2D eigenvalue weighted by atomic mass is 16.5. The van der Waals surface area contributed by atoms with E-state index >= 15 is 0 Å². The number of aryl methyl sites for hydroxylation is 2. The van der Waals surface area contributed by atoms with Crippen LogP contribution >= 0.6 is 0 Å². The van der Waals surface area contributed by atoms with Gasteiger partial charge in [-0.25, -0.2) is 4.79 Å². The number of amides is 2. The van der Waals surface area contributed by atoms with Crippen LogP contribution in [0.25, 0.3) is 11.1 Å². The average Bonchev–Trinajstić information content (AvgIpc) is 3.04. The number of aromatic nitrogens is 1. The SMILES string of the molecule is Cc1cc(C)c(CNC(=O)c2cc(-c3ccc(CN4CCOCC4)cc3)cc(N(C)[C@H]3CC[C@H](N(C(=O)O)C(C)(C)C)CC3)c2C)c(=O)[nH]1. The molecule has 0 spiro atoms. The maximum atomic E-state index is 13.9. The second kappa shape index (κ2) is 15.2. The van der Waals surface area contributed by atoms with Gasteiger partial charge in [0.1, 0.15) is 0 Å². The number of nitrogens with zero attached hydrogens (tertiary/aromatic N) is 3. The number of benzene rings is 2. The lowest BCUT2D eigenvalue weighted by molar-refractivity contribution is 0.0342. The van der Waals surface area contributed by atoms with E-state index in [1.807, 2.05) is 53.7 Å². The van der Waals surface area contributed by atoms with E-state index in [1.54, 1.807) is 4.90 Å². The summed E-state index contributed by atoms with van der Waals surface area (Å²) in [5, 5.41) is 13.0. The van der Waals surface area contributed by atoms with Crippen LogP contribution in [-0.2, 0) is 17.8 Å². The van der Waals surface area contributed by atoms with Crippen molar-refractivity contribution in [3.63, 3.8) is 0 Å². The Morgan fingerprint density at radius 2 is 1.59 bits per heavy atom. The second-order valence-electron chi connectivity index (χ2n) is 14.8. The first-order valence-corrected chi connectivity index (χ1v) is 17.5. The Bertz CT molecular complexity index is 1700. The van der Waals surface area contributed by atoms with Crippen molar-refractivity contribution in [2.24, 2.45) is 0 Å². The summed E-state index contributed by atoms with van der Waals surface area (Å²) in [6.45, 7) is 15.9. The van der Waals surface area contributed by atoms with Gasteiger partial charge in [0.2, 0.25) is 0 Å². The highest BCUT2D eigenvalue weighted by Crippen LogP contribution is 2.36. The number of carbonyl (C=O) groups excluding carboxylic acids is 1. The van der Waals surface area contributed by atoms with Crippen molar-refractivity contribution in [3.8, 4) is 11.1 Å². The third-order valence-corrected chi connectivity index (χ3v) is 10.2. The van der Waals surface area contributed by atoms with Crippen LogP contribution in [-0.4, -0.2) is 82.9 Å². The number of rotatable bonds is 9. The Balaban J connectivity index is 1.42. The lowest BCUT2D eigenvalue weighted by atomic mass is 9.86. The number of morpholine rings is 1. The number of carbonyl (C=O) groups is 2. The molecule has 3 N–H and O–H groups in total. The fourth-order valence-electron chi connectivity index (χ4n) is 7.54. The van der Waals surface area contributed by atoms with Crippen LogP contribution in [0.3, 0.4) is 0 Å². The van der Waals surface area contributed by atoms with Gasteiger partial charge in [0.05, 0.1) is 13.2 Å². The molecule has 3 aromatic rings. The van der Waals surface area contributed by atoms with Gasteiger partial charge < -0.3 is 29.9 Å². The maximum absolute atomic E-state index is 13.9. The Morgan fingerprint density at radius 3 is 2.18 bits per heavy atom. The second-order valence-corrected chi connectivity index (χ2v) is 14.8. The molecular formula is C39H53N5O5. The summed E-state index contributed by atoms with van der Waals surface area (Å²) in [4.78, 5) is 47.9. The number of anilines is 1. The van der Waals surface area contributed by atoms with E-state index in [0.29, 0.717) is 11.1 Å². The van der Waals surface area contributed by atoms with Gasteiger partial charge in [0, 0.05) is 73.4 Å². The Labute approximate surface area is 290 Å². The van der Waals surface area contributed by atoms with Gasteiger partial charge in [-0.15, -0.1) is 0 Å². The average molecular weight is 672 g/mol. The molecule has 0 atom stereocenters. The van der Waals surface area contributed by atoms with E-state index in [4.69, 9.17) is 4.74 Å². The van der Waals surface area contributed by atoms with Crippen molar-refractivity contribution >= 4 is 17.7 Å². The number of hydrogen-bond acceptors (Lipinski definition) is 6. The lowest BCUT2D eigenvalue weighted by Gasteiger charge is -2.44. The van der Waals surface area contributed by atoms with Crippen LogP contribution in [0, 0.1) is 20.8 Å². The molecule has 2 fully saturated rings. The molecule has 2 aliphatic rings. The van der Waals surface area contributed by atoms with Crippen LogP contribution in [0.1, 0.15) is 84.8 Å². The molecule has 1 saturated heterocycles. The molecule has 264 valence electrons. The fraction of sp³-hybridized carbons (Fsp3) is 0.513. The number of carboxylic acid groups (broad SMARTS) is 1. The van der Waals surface area contributed by atoms with Crippen LogP contribution < -0.4 is 15.8 Å². The fourth-order valence-corrected chi connectivity index (χ4v) is 7.54. The number of hydrogen-bond donors (Lipinski definition) is 3. The minimum Gasteiger partial charge on any atom is -0.465 e. The Morgan fingerprint density at radius 1 is 0.959 bits per heavy atom. The highest BCUT2D eigenvalue weighted by Gasteiger charge is 2.36. The van der Waals surface area contributed by atoms with E-state index in [2.05, 4.69) is 57.5 Å². The van der Waals surface area contributed by atoms with E-state index in [0.717, 1.165) is 92.2 Å². The summed E-state index contributed by atoms with van der Waals surface area (Å²) in [6.07, 6.45) is 2.37. The van der Waals surface area contributed by atoms with Gasteiger partial charge in [-0.1, -0.05) is 24.3 Å². The van der Waals surface area contributed by atoms with E-state index in [1.165, 1.54) is 5.56 Å². The summed E-state index contributed by atoms with van der Waals surface area (Å²) in [5.74, 6) is -0.233. The highest BCUT2D eigenvalue weighted by molar-refractivity contribution is 5.99. The van der Waals surface area contributed by atoms with Crippen molar-refractivity contribution in [3.05, 3.63) is 86.3 Å². The van der Waals surface area contributed by atoms with Crippen molar-refractivity contribution < 1.29 is 19.4 Å². The van der Waals surface area contributed by atoms with Crippen molar-refractivity contribution in [1.82, 2.24) is 20.1 Å². The zero-order chi connectivity index (χ0) is 35.5. The minimum atomic E-state index is -0.873. The van der Waals surface area contributed by atoms with Gasteiger partial charge in [-0.3, -0.25) is 14.5 Å². The number of H-pyrrole nitrogens is 1. The van der Waals surface area contributed by atoms with E-state index < -0.39 is 11.6 Å². The van der Waals surface area contributed by atoms with Gasteiger partial charge in [-0.05, 0) is 113 Å². The standard InChI is InChI=1S/C39H53N5O5/c1-25-20-26(2)41-37(46)34(25)23-40-36(45)33-21-30(29-10-8-28(9-11-29)24-43-16-18-49-19-17-43)22-35(27(33)3)42(7)31-12-14-32(15-13-31)44(38(47)48)39(4,5)6/h8-11,20-22,31-32H,12-19,23-24H2,1-7H3,(H,40,45)(H,41,46)(H,47,48)/t31-,32-. The van der Waals surface area contributed by atoms with E-state index in [9.17, 15) is 19.5 Å². The zero-order valence-corrected chi connectivity index (χ0v) is 30.2. The maximum Gasteiger partial charge on any atom is 0.407 e. The predicted molar refractivity (Wildman–Crippen MR) is 194 cm³/mol. The zero-order valence-electron chi connectivity index (χ0n) is 30.2. The topological polar surface area (TPSA) is 118 Å². The third kappa shape index (κ3) is 8.54. The molecule has 10 nitrogen and oxygen atoms in total. The number of aromatic amines is 1. The Kier molecular flexibility index (Phi) is 11.2. The molecule has 2 aromatic carbocycles. The molecule has 1 aromatic heterocycles. The molecule has 1 saturated carbocycles. The number of pyridine rings is 1. The van der Waals surface area contributed by atoms with E-state index in [-0.39, 0.29) is 30.1 Å². The largest absolute Gasteiger partial charge is 0.465 e. The smallest absolute Gasteiger partial charge is 0.407 e. The van der Waals surface area contributed by atoms with Crippen molar-refractivity contribution in [2.45, 2.75) is 97.9 Å². The number of nitrogens with one attached hydrogen (secondary N) is 2. The summed E-state index contributed by atoms with van der Waals surface area (Å²) in [5.41, 5.74) is 7.11. The van der Waals surface area contributed by atoms with Crippen LogP contribution in [0.15, 0.2) is 47.3 Å². The molecule has 10 heteroatoms. The molecule has 1 aliphatic carbocycles. The predicted octanol–water partition coefficient (Wildman–Crippen LogP) is 6.26. The van der Waals surface area contributed by atoms with Gasteiger partial charge in [0.25, 0.3) is 11.5 Å². The monoisotopic (exact) mass is 671 g/mol. The van der Waals surface area contributed by atoms with Crippen LogP contribution in [0.5, 0.6) is 0 Å². The summed E-state index contributed by atoms with van der Waals surface area (Å²) < 4.78 is 5.50. The first-order chi connectivity index (χ1) is 23.2. The first kappa shape index (κ1) is 36.1. The van der Waals surface area contributed by atoms with Gasteiger partial charge >= 0.3 is 6.09 Å². The first-order valence-electron chi connectivity index (χ1n) is 17.5. The quantitative estimate of drug-likeness (QED) is 0.246. The third-order valence-electron chi connectivity index (χ3n) is 10.2. The molecule has 49 heavy (non-hydrogen) atoms. The van der Waals surface area contributed by atoms with Crippen LogP contribution in [0.4, 0.5) is 10.5 Å². The van der Waals surface area contributed by atoms with Crippen molar-refractivity contribution in [2.75, 3.05) is 38.3 Å². The molecule has 1 aliphatic heterocycles. The molecule has 2 heterocycles. The molecule has 0 unspecified atom stereocenters. The summed E-state index contributed by atoms with van der Waals surface area (Å²) in [6, 6.07) is 14.8. The summed E-state index contributed by atoms with van der Waals surface area (Å²) >= 11 is 0. The minimum absolute atomic E-state index is 0.0275. The molecule has 0 bridgehead atoms. The number of ether oxygens (including phenoxy) is 1. The van der Waals surface area contributed by atoms with Gasteiger partial charge in [-0.2, -0.15) is 0 Å². The Hall–Kier alpha value is -4.15. The molecule has 2 amide bonds. The van der Waals surface area contributed by atoms with Crippen LogP contribution in [0.2, 0.25) is 0 Å². The lowest BCUT2D eigenvalue weighted by Crippen LogP contribution is -2.53. The summed E-state index contributed by atoms with van der Waals surface area (Å²) in [7, 11) is 2.08. The normalized spacial score (nSPS) is 18.6. The van der Waals surface area contributed by atoms with Crippen molar-refractivity contribution in [1.29, 1.82) is 0 Å². The molecular weight excluding hydrogens is 618 g/mol. The van der Waals surface area contributed by atoms with Gasteiger partial charge in [0.15, 0.2) is 0 Å². The molecule has 5 rings (SSSR count). The molecule has 0 radical (unpaired) electrons.